The first-order valence-corrected chi connectivity index (χ1v) is 5.07. The lowest BCUT2D eigenvalue weighted by Gasteiger charge is -2.23. The smallest absolute Gasteiger partial charge is 0.166 e. The SMILES string of the molecule is CC(=O)C1COc2c(F)cc(Cl)cc2C1. The van der Waals surface area contributed by atoms with Crippen molar-refractivity contribution >= 4 is 17.4 Å². The third kappa shape index (κ3) is 1.97. The van der Waals surface area contributed by atoms with E-state index in [1.807, 2.05) is 0 Å². The molecule has 1 aliphatic rings. The summed E-state index contributed by atoms with van der Waals surface area (Å²) in [5.41, 5.74) is 0.673. The zero-order chi connectivity index (χ0) is 11.0. The lowest BCUT2D eigenvalue weighted by atomic mass is 9.94. The van der Waals surface area contributed by atoms with Gasteiger partial charge in [-0.05, 0) is 31.0 Å². The summed E-state index contributed by atoms with van der Waals surface area (Å²) in [5, 5.41) is 0.332. The Hall–Kier alpha value is -1.09. The van der Waals surface area contributed by atoms with Crippen LogP contribution in [-0.4, -0.2) is 12.4 Å². The molecule has 1 aliphatic heterocycles. The second kappa shape index (κ2) is 3.81. The molecule has 2 rings (SSSR count). The fourth-order valence-electron chi connectivity index (χ4n) is 1.70. The highest BCUT2D eigenvalue weighted by Gasteiger charge is 2.25. The molecule has 0 saturated carbocycles. The summed E-state index contributed by atoms with van der Waals surface area (Å²) in [6, 6.07) is 2.86. The van der Waals surface area contributed by atoms with Gasteiger partial charge in [-0.15, -0.1) is 0 Å². The van der Waals surface area contributed by atoms with Crippen molar-refractivity contribution in [2.75, 3.05) is 6.61 Å². The Balaban J connectivity index is 2.37. The monoisotopic (exact) mass is 228 g/mol. The van der Waals surface area contributed by atoms with Crippen molar-refractivity contribution in [3.05, 3.63) is 28.5 Å². The van der Waals surface area contributed by atoms with E-state index in [4.69, 9.17) is 16.3 Å². The Labute approximate surface area is 92.0 Å². The van der Waals surface area contributed by atoms with Crippen LogP contribution in [0.1, 0.15) is 12.5 Å². The standard InChI is InChI=1S/C11H10ClFO2/c1-6(14)8-2-7-3-9(12)4-10(13)11(7)15-5-8/h3-4,8H,2,5H2,1H3. The second-order valence-corrected chi connectivity index (χ2v) is 4.13. The molecule has 1 aromatic carbocycles. The molecule has 1 unspecified atom stereocenters. The van der Waals surface area contributed by atoms with Crippen LogP contribution in [0.25, 0.3) is 0 Å². The van der Waals surface area contributed by atoms with E-state index in [9.17, 15) is 9.18 Å². The zero-order valence-corrected chi connectivity index (χ0v) is 8.97. The average molecular weight is 229 g/mol. The zero-order valence-electron chi connectivity index (χ0n) is 8.22. The summed E-state index contributed by atoms with van der Waals surface area (Å²) < 4.78 is 18.6. The van der Waals surface area contributed by atoms with Crippen molar-refractivity contribution in [2.45, 2.75) is 13.3 Å². The quantitative estimate of drug-likeness (QED) is 0.739. The lowest BCUT2D eigenvalue weighted by Crippen LogP contribution is -2.27. The molecule has 0 saturated heterocycles. The van der Waals surface area contributed by atoms with Crippen LogP contribution in [0.4, 0.5) is 4.39 Å². The highest BCUT2D eigenvalue weighted by atomic mass is 35.5. The highest BCUT2D eigenvalue weighted by molar-refractivity contribution is 6.30. The first-order chi connectivity index (χ1) is 7.08. The molecule has 2 nitrogen and oxygen atoms in total. The summed E-state index contributed by atoms with van der Waals surface area (Å²) in [5.74, 6) is -0.354. The van der Waals surface area contributed by atoms with Crippen LogP contribution in [0, 0.1) is 11.7 Å². The van der Waals surface area contributed by atoms with Gasteiger partial charge >= 0.3 is 0 Å². The maximum atomic E-state index is 13.4. The van der Waals surface area contributed by atoms with E-state index in [2.05, 4.69) is 0 Å². The molecule has 4 heteroatoms. The van der Waals surface area contributed by atoms with Gasteiger partial charge in [-0.1, -0.05) is 11.6 Å². The number of halogens is 2. The molecule has 0 fully saturated rings. The number of carbonyl (C=O) groups is 1. The summed E-state index contributed by atoms with van der Waals surface area (Å²) >= 11 is 5.73. The number of fused-ring (bicyclic) bond motifs is 1. The summed E-state index contributed by atoms with van der Waals surface area (Å²) in [4.78, 5) is 11.2. The van der Waals surface area contributed by atoms with Gasteiger partial charge in [0.1, 0.15) is 5.78 Å². The third-order valence-corrected chi connectivity index (χ3v) is 2.77. The van der Waals surface area contributed by atoms with Crippen molar-refractivity contribution in [1.82, 2.24) is 0 Å². The van der Waals surface area contributed by atoms with Gasteiger partial charge in [-0.2, -0.15) is 0 Å². The number of ether oxygens (including phenoxy) is 1. The number of benzene rings is 1. The van der Waals surface area contributed by atoms with E-state index in [-0.39, 0.29) is 24.1 Å². The molecule has 0 aromatic heterocycles. The van der Waals surface area contributed by atoms with Crippen molar-refractivity contribution in [2.24, 2.45) is 5.92 Å². The maximum absolute atomic E-state index is 13.4. The minimum atomic E-state index is -0.459. The Morgan fingerprint density at radius 2 is 2.33 bits per heavy atom. The van der Waals surface area contributed by atoms with Crippen molar-refractivity contribution in [3.8, 4) is 5.75 Å². The number of hydrogen-bond donors (Lipinski definition) is 0. The molecule has 1 aromatic rings. The van der Waals surface area contributed by atoms with E-state index in [1.165, 1.54) is 13.0 Å². The van der Waals surface area contributed by atoms with Gasteiger partial charge in [0.05, 0.1) is 12.5 Å². The first kappa shape index (κ1) is 10.4. The Morgan fingerprint density at radius 3 is 3.00 bits per heavy atom. The van der Waals surface area contributed by atoms with Crippen LogP contribution >= 0.6 is 11.6 Å². The Bertz CT molecular complexity index is 417. The predicted molar refractivity (Wildman–Crippen MR) is 54.8 cm³/mol. The summed E-state index contributed by atoms with van der Waals surface area (Å²) in [7, 11) is 0. The van der Waals surface area contributed by atoms with Gasteiger partial charge in [0, 0.05) is 5.02 Å². The Morgan fingerprint density at radius 1 is 1.60 bits per heavy atom. The van der Waals surface area contributed by atoms with E-state index in [0.29, 0.717) is 17.0 Å². The minimum absolute atomic E-state index is 0.0565. The first-order valence-electron chi connectivity index (χ1n) is 4.69. The van der Waals surface area contributed by atoms with E-state index >= 15 is 0 Å². The topological polar surface area (TPSA) is 26.3 Å². The maximum Gasteiger partial charge on any atom is 0.166 e. The van der Waals surface area contributed by atoms with E-state index in [1.54, 1.807) is 6.07 Å². The lowest BCUT2D eigenvalue weighted by molar-refractivity contribution is -0.121. The van der Waals surface area contributed by atoms with Crippen LogP contribution in [0.3, 0.4) is 0 Å². The molecular formula is C11H10ClFO2. The number of ketones is 1. The molecule has 0 aliphatic carbocycles. The molecule has 0 radical (unpaired) electrons. The molecule has 1 heterocycles. The van der Waals surface area contributed by atoms with Gasteiger partial charge in [0.25, 0.3) is 0 Å². The van der Waals surface area contributed by atoms with Gasteiger partial charge < -0.3 is 4.74 Å². The Kier molecular flexibility index (Phi) is 2.65. The normalized spacial score (nSPS) is 19.3. The van der Waals surface area contributed by atoms with Crippen molar-refractivity contribution in [3.63, 3.8) is 0 Å². The molecule has 0 amide bonds. The van der Waals surface area contributed by atoms with Gasteiger partial charge in [-0.25, -0.2) is 4.39 Å². The fraction of sp³-hybridized carbons (Fsp3) is 0.364. The van der Waals surface area contributed by atoms with Crippen molar-refractivity contribution in [1.29, 1.82) is 0 Å². The molecule has 1 atom stereocenters. The number of hydrogen-bond acceptors (Lipinski definition) is 2. The molecule has 15 heavy (non-hydrogen) atoms. The van der Waals surface area contributed by atoms with E-state index < -0.39 is 5.82 Å². The highest BCUT2D eigenvalue weighted by Crippen LogP contribution is 2.32. The molecule has 80 valence electrons. The largest absolute Gasteiger partial charge is 0.489 e. The van der Waals surface area contributed by atoms with Crippen LogP contribution in [0.2, 0.25) is 5.02 Å². The second-order valence-electron chi connectivity index (χ2n) is 3.70. The average Bonchev–Trinajstić information content (AvgIpc) is 2.16. The predicted octanol–water partition coefficient (Wildman–Crippen LogP) is 2.62. The summed E-state index contributed by atoms with van der Waals surface area (Å²) in [6.45, 7) is 1.76. The number of carbonyl (C=O) groups excluding carboxylic acids is 1. The van der Waals surface area contributed by atoms with E-state index in [0.717, 1.165) is 0 Å². The molecule has 0 N–H and O–H groups in total. The third-order valence-electron chi connectivity index (χ3n) is 2.56. The summed E-state index contributed by atoms with van der Waals surface area (Å²) in [6.07, 6.45) is 0.502. The fourth-order valence-corrected chi connectivity index (χ4v) is 1.92. The van der Waals surface area contributed by atoms with Gasteiger partial charge in [-0.3, -0.25) is 4.79 Å². The van der Waals surface area contributed by atoms with Crippen LogP contribution in [0.15, 0.2) is 12.1 Å². The molecule has 0 spiro atoms. The molecule has 0 bridgehead atoms. The number of rotatable bonds is 1. The van der Waals surface area contributed by atoms with Gasteiger partial charge in [0.15, 0.2) is 11.6 Å². The van der Waals surface area contributed by atoms with Crippen LogP contribution < -0.4 is 4.74 Å². The van der Waals surface area contributed by atoms with Crippen LogP contribution in [0.5, 0.6) is 5.75 Å². The minimum Gasteiger partial charge on any atom is -0.489 e. The van der Waals surface area contributed by atoms with Crippen LogP contribution in [-0.2, 0) is 11.2 Å². The van der Waals surface area contributed by atoms with Gasteiger partial charge in [0.2, 0.25) is 0 Å². The van der Waals surface area contributed by atoms with Crippen molar-refractivity contribution < 1.29 is 13.9 Å². The molecular weight excluding hydrogens is 219 g/mol. The number of Topliss-reactive ketones (excluding diaryl/α,β-unsaturated/α-hetero) is 1.